The molecule has 0 saturated carbocycles. The zero-order valence-electron chi connectivity index (χ0n) is 9.02. The lowest BCUT2D eigenvalue weighted by Crippen LogP contribution is -2.01. The van der Waals surface area contributed by atoms with Gasteiger partial charge in [0.05, 0.1) is 15.7 Å². The van der Waals surface area contributed by atoms with Crippen LogP contribution in [0.25, 0.3) is 0 Å². The van der Waals surface area contributed by atoms with Crippen molar-refractivity contribution in [2.75, 3.05) is 5.32 Å². The monoisotopic (exact) mass is 310 g/mol. The Kier molecular flexibility index (Phi) is 3.57. The molecule has 2 N–H and O–H groups in total. The van der Waals surface area contributed by atoms with Crippen molar-refractivity contribution < 1.29 is 14.3 Å². The van der Waals surface area contributed by atoms with E-state index in [9.17, 15) is 9.18 Å². The van der Waals surface area contributed by atoms with Gasteiger partial charge in [0.1, 0.15) is 11.6 Å². The van der Waals surface area contributed by atoms with E-state index in [4.69, 9.17) is 5.11 Å². The van der Waals surface area contributed by atoms with Gasteiger partial charge in [0.15, 0.2) is 0 Å². The number of pyridine rings is 1. The number of para-hydroxylation sites is 1. The van der Waals surface area contributed by atoms with Crippen LogP contribution < -0.4 is 5.32 Å². The van der Waals surface area contributed by atoms with E-state index in [-0.39, 0.29) is 11.3 Å². The summed E-state index contributed by atoms with van der Waals surface area (Å²) in [5, 5.41) is 11.6. The number of aromatic carboxylic acids is 1. The number of benzene rings is 1. The molecule has 1 aromatic carbocycles. The second-order valence-electron chi connectivity index (χ2n) is 3.46. The minimum atomic E-state index is -1.07. The average Bonchev–Trinajstić information content (AvgIpc) is 2.34. The van der Waals surface area contributed by atoms with Gasteiger partial charge in [-0.1, -0.05) is 12.1 Å². The molecule has 0 atom stereocenters. The summed E-state index contributed by atoms with van der Waals surface area (Å²) >= 11 is 3.19. The summed E-state index contributed by atoms with van der Waals surface area (Å²) in [6.45, 7) is 0. The first-order valence-electron chi connectivity index (χ1n) is 4.98. The van der Waals surface area contributed by atoms with E-state index in [2.05, 4.69) is 26.2 Å². The number of carbonyl (C=O) groups is 1. The van der Waals surface area contributed by atoms with Crippen LogP contribution >= 0.6 is 15.9 Å². The molecule has 1 aromatic heterocycles. The Labute approximate surface area is 111 Å². The normalized spacial score (nSPS) is 10.1. The molecule has 1 heterocycles. The minimum Gasteiger partial charge on any atom is -0.478 e. The zero-order valence-corrected chi connectivity index (χ0v) is 10.6. The van der Waals surface area contributed by atoms with Gasteiger partial charge in [0, 0.05) is 6.20 Å². The van der Waals surface area contributed by atoms with Crippen LogP contribution in [-0.2, 0) is 0 Å². The fraction of sp³-hybridized carbons (Fsp3) is 0. The van der Waals surface area contributed by atoms with Crippen molar-refractivity contribution >= 4 is 33.4 Å². The number of hydrogen-bond acceptors (Lipinski definition) is 3. The smallest absolute Gasteiger partial charge is 0.337 e. The maximum absolute atomic E-state index is 13.4. The number of hydrogen-bond donors (Lipinski definition) is 2. The van der Waals surface area contributed by atoms with E-state index >= 15 is 0 Å². The number of anilines is 2. The van der Waals surface area contributed by atoms with Gasteiger partial charge in [-0.3, -0.25) is 0 Å². The third-order valence-electron chi connectivity index (χ3n) is 2.22. The number of carboxylic acids is 1. The van der Waals surface area contributed by atoms with Crippen LogP contribution in [0.3, 0.4) is 0 Å². The number of nitrogens with zero attached hydrogens (tertiary/aromatic N) is 1. The highest BCUT2D eigenvalue weighted by atomic mass is 79.9. The van der Waals surface area contributed by atoms with Crippen LogP contribution in [0.1, 0.15) is 10.4 Å². The standard InChI is InChI=1S/C12H8BrFN2O2/c13-8-5-7(12(17)18)6-15-11(8)16-10-4-2-1-3-9(10)14/h1-6H,(H,15,16)(H,17,18). The second-order valence-corrected chi connectivity index (χ2v) is 4.32. The Morgan fingerprint density at radius 1 is 1.39 bits per heavy atom. The van der Waals surface area contributed by atoms with E-state index in [0.717, 1.165) is 0 Å². The van der Waals surface area contributed by atoms with E-state index in [0.29, 0.717) is 10.3 Å². The highest BCUT2D eigenvalue weighted by molar-refractivity contribution is 9.10. The predicted molar refractivity (Wildman–Crippen MR) is 68.6 cm³/mol. The van der Waals surface area contributed by atoms with Gasteiger partial charge in [-0.25, -0.2) is 14.2 Å². The summed E-state index contributed by atoms with van der Waals surface area (Å²) < 4.78 is 13.9. The van der Waals surface area contributed by atoms with E-state index in [1.807, 2.05) is 0 Å². The van der Waals surface area contributed by atoms with Crippen molar-refractivity contribution in [3.63, 3.8) is 0 Å². The quantitative estimate of drug-likeness (QED) is 0.911. The molecule has 0 bridgehead atoms. The van der Waals surface area contributed by atoms with Crippen LogP contribution in [0.4, 0.5) is 15.9 Å². The van der Waals surface area contributed by atoms with Crippen molar-refractivity contribution in [1.29, 1.82) is 0 Å². The molecule has 2 aromatic rings. The molecule has 18 heavy (non-hydrogen) atoms. The third-order valence-corrected chi connectivity index (χ3v) is 2.82. The van der Waals surface area contributed by atoms with Crippen molar-refractivity contribution in [1.82, 2.24) is 4.98 Å². The molecule has 0 aliphatic heterocycles. The molecule has 4 nitrogen and oxygen atoms in total. The van der Waals surface area contributed by atoms with Gasteiger partial charge in [-0.15, -0.1) is 0 Å². The Bertz CT molecular complexity index is 604. The summed E-state index contributed by atoms with van der Waals surface area (Å²) in [7, 11) is 0. The minimum absolute atomic E-state index is 0.0564. The van der Waals surface area contributed by atoms with Crippen molar-refractivity contribution in [3.05, 3.63) is 52.4 Å². The largest absolute Gasteiger partial charge is 0.478 e. The number of aromatic nitrogens is 1. The average molecular weight is 311 g/mol. The molecule has 0 spiro atoms. The second kappa shape index (κ2) is 5.14. The van der Waals surface area contributed by atoms with Crippen LogP contribution in [0.2, 0.25) is 0 Å². The molecule has 0 saturated heterocycles. The predicted octanol–water partition coefficient (Wildman–Crippen LogP) is 3.43. The molecule has 0 unspecified atom stereocenters. The molecule has 0 aliphatic rings. The molecular formula is C12H8BrFN2O2. The molecule has 6 heteroatoms. The van der Waals surface area contributed by atoms with Crippen molar-refractivity contribution in [2.45, 2.75) is 0 Å². The summed E-state index contributed by atoms with van der Waals surface area (Å²) in [5.41, 5.74) is 0.328. The number of halogens is 2. The van der Waals surface area contributed by atoms with Gasteiger partial charge in [-0.05, 0) is 34.1 Å². The summed E-state index contributed by atoms with van der Waals surface area (Å²) in [6.07, 6.45) is 1.20. The number of nitrogens with one attached hydrogen (secondary N) is 1. The first-order chi connectivity index (χ1) is 8.58. The SMILES string of the molecule is O=C(O)c1cnc(Nc2ccccc2F)c(Br)c1. The van der Waals surface area contributed by atoms with Crippen LogP contribution in [0.5, 0.6) is 0 Å². The van der Waals surface area contributed by atoms with Gasteiger partial charge in [-0.2, -0.15) is 0 Å². The van der Waals surface area contributed by atoms with Crippen LogP contribution in [-0.4, -0.2) is 16.1 Å². The first-order valence-corrected chi connectivity index (χ1v) is 5.77. The van der Waals surface area contributed by atoms with Crippen LogP contribution in [0.15, 0.2) is 41.0 Å². The molecular weight excluding hydrogens is 303 g/mol. The Morgan fingerprint density at radius 3 is 2.72 bits per heavy atom. The van der Waals surface area contributed by atoms with Crippen LogP contribution in [0, 0.1) is 5.82 Å². The molecule has 0 amide bonds. The molecule has 0 fully saturated rings. The van der Waals surface area contributed by atoms with Gasteiger partial charge in [0.2, 0.25) is 0 Å². The first kappa shape index (κ1) is 12.5. The van der Waals surface area contributed by atoms with Crippen molar-refractivity contribution in [2.24, 2.45) is 0 Å². The van der Waals surface area contributed by atoms with E-state index < -0.39 is 11.8 Å². The van der Waals surface area contributed by atoms with E-state index in [1.54, 1.807) is 18.2 Å². The highest BCUT2D eigenvalue weighted by Crippen LogP contribution is 2.25. The Morgan fingerprint density at radius 2 is 2.11 bits per heavy atom. The summed E-state index contributed by atoms with van der Waals surface area (Å²) in [4.78, 5) is 14.7. The lowest BCUT2D eigenvalue weighted by Gasteiger charge is -2.08. The van der Waals surface area contributed by atoms with E-state index in [1.165, 1.54) is 18.3 Å². The summed E-state index contributed by atoms with van der Waals surface area (Å²) in [6, 6.07) is 7.55. The Hall–Kier alpha value is -1.95. The lowest BCUT2D eigenvalue weighted by molar-refractivity contribution is 0.0696. The topological polar surface area (TPSA) is 62.2 Å². The third kappa shape index (κ3) is 2.65. The Balaban J connectivity index is 2.30. The fourth-order valence-corrected chi connectivity index (χ4v) is 1.79. The van der Waals surface area contributed by atoms with Gasteiger partial charge in [0.25, 0.3) is 0 Å². The van der Waals surface area contributed by atoms with Gasteiger partial charge >= 0.3 is 5.97 Å². The number of rotatable bonds is 3. The maximum Gasteiger partial charge on any atom is 0.337 e. The zero-order chi connectivity index (χ0) is 13.1. The molecule has 0 radical (unpaired) electrons. The summed E-state index contributed by atoms with van der Waals surface area (Å²) in [5.74, 6) is -1.13. The maximum atomic E-state index is 13.4. The van der Waals surface area contributed by atoms with Crippen molar-refractivity contribution in [3.8, 4) is 0 Å². The van der Waals surface area contributed by atoms with Gasteiger partial charge < -0.3 is 10.4 Å². The lowest BCUT2D eigenvalue weighted by atomic mass is 10.2. The molecule has 92 valence electrons. The fourth-order valence-electron chi connectivity index (χ4n) is 1.34. The highest BCUT2D eigenvalue weighted by Gasteiger charge is 2.09. The molecule has 0 aliphatic carbocycles. The molecule has 2 rings (SSSR count). The number of carboxylic acid groups (broad SMARTS) is 1.